The van der Waals surface area contributed by atoms with Crippen LogP contribution in [0.25, 0.3) is 4.98 Å². The molecule has 2 aromatic rings. The van der Waals surface area contributed by atoms with Crippen LogP contribution in [-0.4, -0.2) is 15.0 Å². The van der Waals surface area contributed by atoms with Gasteiger partial charge in [0.15, 0.2) is 4.98 Å². The molecular weight excluding hydrogens is 434 g/mol. The number of rotatable bonds is 5. The lowest BCUT2D eigenvalue weighted by atomic mass is 9.50. The summed E-state index contributed by atoms with van der Waals surface area (Å²) in [5.41, 5.74) is 3.81. The minimum Gasteiger partial charge on any atom is -0.867 e. The van der Waals surface area contributed by atoms with Gasteiger partial charge in [-0.15, -0.1) is 0 Å². The van der Waals surface area contributed by atoms with E-state index in [4.69, 9.17) is 5.39 Å². The molecule has 3 atom stereocenters. The maximum atomic E-state index is 13.0. The van der Waals surface area contributed by atoms with Crippen LogP contribution in [0.5, 0.6) is 5.75 Å². The number of diazo groups is 1. The van der Waals surface area contributed by atoms with E-state index in [0.717, 1.165) is 44.2 Å². The Balaban J connectivity index is 1.60. The molecular formula is C26H33N3O3S. The Kier molecular flexibility index (Phi) is 6.05. The molecule has 0 heterocycles. The first kappa shape index (κ1) is 23.7. The van der Waals surface area contributed by atoms with Gasteiger partial charge in [0.1, 0.15) is 0 Å². The molecule has 0 spiro atoms. The molecule has 2 aliphatic rings. The number of nitrogens with zero attached hydrogens (tertiary/aromatic N) is 2. The standard InChI is InChI=1S/C26H33N3O3S/c1-17(2)18-6-9-21-19(14-18)7-11-24-25(3,12-5-13-26(21,24)4)16-28-33(31,32)20-8-10-23(30)22(15-20)29-27/h6,8-10,14-15,17,24,28H,5,7,11-13,16H2,1-4H3/t24-,25+,26+/m0/s1. The van der Waals surface area contributed by atoms with Crippen molar-refractivity contribution in [2.75, 3.05) is 6.54 Å². The third kappa shape index (κ3) is 4.15. The zero-order chi connectivity index (χ0) is 24.0. The van der Waals surface area contributed by atoms with E-state index in [1.807, 2.05) is 0 Å². The Labute approximate surface area is 197 Å². The van der Waals surface area contributed by atoms with E-state index in [0.29, 0.717) is 18.4 Å². The number of sulfonamides is 1. The first-order valence-corrected chi connectivity index (χ1v) is 13.3. The van der Waals surface area contributed by atoms with Crippen molar-refractivity contribution in [3.8, 4) is 5.75 Å². The van der Waals surface area contributed by atoms with Crippen molar-refractivity contribution in [2.24, 2.45) is 11.3 Å². The van der Waals surface area contributed by atoms with Crippen LogP contribution in [-0.2, 0) is 21.9 Å². The summed E-state index contributed by atoms with van der Waals surface area (Å²) in [4.78, 5) is 2.84. The van der Waals surface area contributed by atoms with E-state index in [2.05, 4.69) is 55.6 Å². The average molecular weight is 468 g/mol. The van der Waals surface area contributed by atoms with E-state index in [9.17, 15) is 13.5 Å². The van der Waals surface area contributed by atoms with E-state index in [1.54, 1.807) is 0 Å². The fraction of sp³-hybridized carbons (Fsp3) is 0.538. The van der Waals surface area contributed by atoms with Gasteiger partial charge in [0.05, 0.1) is 11.0 Å². The molecule has 2 aliphatic carbocycles. The molecule has 0 aromatic heterocycles. The number of benzene rings is 2. The van der Waals surface area contributed by atoms with Gasteiger partial charge in [0, 0.05) is 6.54 Å². The predicted octanol–water partition coefficient (Wildman–Crippen LogP) is 5.36. The van der Waals surface area contributed by atoms with Crippen LogP contribution in [0.4, 0.5) is 5.69 Å². The first-order chi connectivity index (χ1) is 15.5. The topological polar surface area (TPSA) is 97.4 Å². The molecule has 7 heteroatoms. The summed E-state index contributed by atoms with van der Waals surface area (Å²) in [5.74, 6) is 0.348. The molecule has 1 saturated carbocycles. The Morgan fingerprint density at radius 1 is 1.18 bits per heavy atom. The third-order valence-electron chi connectivity index (χ3n) is 8.18. The highest BCUT2D eigenvalue weighted by Gasteiger charge is 2.51. The third-order valence-corrected chi connectivity index (χ3v) is 9.58. The highest BCUT2D eigenvalue weighted by molar-refractivity contribution is 7.89. The second-order valence-electron chi connectivity index (χ2n) is 10.6. The number of aryl methyl sites for hydroxylation is 1. The summed E-state index contributed by atoms with van der Waals surface area (Å²) in [7, 11) is -3.84. The van der Waals surface area contributed by atoms with Crippen molar-refractivity contribution < 1.29 is 13.5 Å². The maximum Gasteiger partial charge on any atom is 0.378 e. The van der Waals surface area contributed by atoms with Crippen molar-refractivity contribution in [3.05, 3.63) is 58.1 Å². The molecule has 176 valence electrons. The minimum absolute atomic E-state index is 0.0225. The summed E-state index contributed by atoms with van der Waals surface area (Å²) in [6.45, 7) is 9.35. The summed E-state index contributed by atoms with van der Waals surface area (Å²) in [6.07, 6.45) is 5.19. The Morgan fingerprint density at radius 3 is 2.64 bits per heavy atom. The van der Waals surface area contributed by atoms with Gasteiger partial charge in [-0.05, 0) is 76.9 Å². The van der Waals surface area contributed by atoms with E-state index < -0.39 is 15.8 Å². The molecule has 6 nitrogen and oxygen atoms in total. The zero-order valence-electron chi connectivity index (χ0n) is 19.9. The molecule has 1 N–H and O–H groups in total. The zero-order valence-corrected chi connectivity index (χ0v) is 20.7. The fourth-order valence-electron chi connectivity index (χ4n) is 6.30. The van der Waals surface area contributed by atoms with Crippen LogP contribution in [0.2, 0.25) is 0 Å². The van der Waals surface area contributed by atoms with E-state index >= 15 is 0 Å². The SMILES string of the molecule is CC(C)c1ccc2c(c1)CC[C@H]1[C@@](C)(CNS(=O)(=O)c3ccc([O-])c([N+]#N)c3)CCC[C@]21C. The van der Waals surface area contributed by atoms with Gasteiger partial charge >= 0.3 is 5.69 Å². The average Bonchev–Trinajstić information content (AvgIpc) is 2.77. The van der Waals surface area contributed by atoms with Gasteiger partial charge in [0.25, 0.3) is 0 Å². The van der Waals surface area contributed by atoms with Crippen LogP contribution in [0, 0.1) is 16.7 Å². The van der Waals surface area contributed by atoms with Crippen LogP contribution in [0.3, 0.4) is 0 Å². The van der Waals surface area contributed by atoms with Gasteiger partial charge in [-0.1, -0.05) is 58.4 Å². The molecule has 0 aliphatic heterocycles. The van der Waals surface area contributed by atoms with Gasteiger partial charge in [-0.2, -0.15) is 0 Å². The molecule has 0 amide bonds. The molecule has 1 fully saturated rings. The maximum absolute atomic E-state index is 13.0. The predicted molar refractivity (Wildman–Crippen MR) is 127 cm³/mol. The van der Waals surface area contributed by atoms with Crippen LogP contribution in [0.15, 0.2) is 41.3 Å². The lowest BCUT2D eigenvalue weighted by molar-refractivity contribution is -0.266. The smallest absolute Gasteiger partial charge is 0.378 e. The molecule has 0 radical (unpaired) electrons. The van der Waals surface area contributed by atoms with Gasteiger partial charge in [-0.3, -0.25) is 0 Å². The molecule has 2 aromatic carbocycles. The number of fused-ring (bicyclic) bond motifs is 3. The summed E-state index contributed by atoms with van der Waals surface area (Å²) in [6, 6.07) is 10.4. The van der Waals surface area contributed by atoms with Crippen molar-refractivity contribution >= 4 is 15.7 Å². The van der Waals surface area contributed by atoms with Crippen LogP contribution in [0.1, 0.15) is 76.0 Å². The summed E-state index contributed by atoms with van der Waals surface area (Å²) < 4.78 is 28.8. The second-order valence-corrected chi connectivity index (χ2v) is 12.4. The van der Waals surface area contributed by atoms with Crippen LogP contribution < -0.4 is 9.83 Å². The van der Waals surface area contributed by atoms with Crippen molar-refractivity contribution in [1.29, 1.82) is 5.39 Å². The summed E-state index contributed by atoms with van der Waals surface area (Å²) >= 11 is 0. The second kappa shape index (κ2) is 8.41. The monoisotopic (exact) mass is 467 g/mol. The van der Waals surface area contributed by atoms with Gasteiger partial charge < -0.3 is 5.11 Å². The highest BCUT2D eigenvalue weighted by Crippen LogP contribution is 2.57. The molecule has 0 bridgehead atoms. The van der Waals surface area contributed by atoms with Crippen molar-refractivity contribution in [2.45, 2.75) is 76.0 Å². The number of nitrogens with one attached hydrogen (secondary N) is 1. The van der Waals surface area contributed by atoms with Gasteiger partial charge in [-0.25, -0.2) is 13.1 Å². The molecule has 0 unspecified atom stereocenters. The fourth-order valence-corrected chi connectivity index (χ4v) is 7.50. The Morgan fingerprint density at radius 2 is 1.94 bits per heavy atom. The normalized spacial score (nSPS) is 27.0. The lowest BCUT2D eigenvalue weighted by Crippen LogP contribution is -2.53. The number of hydrogen-bond donors (Lipinski definition) is 1. The lowest BCUT2D eigenvalue weighted by Gasteiger charge is -2.55. The number of hydrogen-bond acceptors (Lipinski definition) is 4. The molecule has 4 rings (SSSR count). The highest BCUT2D eigenvalue weighted by atomic mass is 32.2. The Bertz CT molecular complexity index is 1220. The van der Waals surface area contributed by atoms with E-state index in [-0.39, 0.29) is 21.4 Å². The minimum atomic E-state index is -3.84. The van der Waals surface area contributed by atoms with Crippen LogP contribution >= 0.6 is 0 Å². The quantitative estimate of drug-likeness (QED) is 0.599. The Hall–Kier alpha value is -2.43. The van der Waals surface area contributed by atoms with Crippen molar-refractivity contribution in [1.82, 2.24) is 4.72 Å². The van der Waals surface area contributed by atoms with E-state index in [1.165, 1.54) is 22.8 Å². The van der Waals surface area contributed by atoms with Crippen molar-refractivity contribution in [3.63, 3.8) is 0 Å². The molecule has 0 saturated heterocycles. The molecule has 33 heavy (non-hydrogen) atoms. The van der Waals surface area contributed by atoms with Gasteiger partial charge in [0.2, 0.25) is 15.4 Å². The first-order valence-electron chi connectivity index (χ1n) is 11.8. The largest absolute Gasteiger partial charge is 0.867 e. The summed E-state index contributed by atoms with van der Waals surface area (Å²) in [5, 5.41) is 20.6.